The van der Waals surface area contributed by atoms with Gasteiger partial charge in [0.15, 0.2) is 0 Å². The van der Waals surface area contributed by atoms with Gasteiger partial charge in [-0.05, 0) is 37.8 Å². The summed E-state index contributed by atoms with van der Waals surface area (Å²) >= 11 is 0. The lowest BCUT2D eigenvalue weighted by atomic mass is 9.90. The van der Waals surface area contributed by atoms with E-state index in [1.807, 2.05) is 0 Å². The van der Waals surface area contributed by atoms with Crippen molar-refractivity contribution in [3.8, 4) is 0 Å². The first kappa shape index (κ1) is 12.0. The Balaban J connectivity index is 2.11. The maximum absolute atomic E-state index is 3.59. The summed E-state index contributed by atoms with van der Waals surface area (Å²) in [6.45, 7) is 10.3. The van der Waals surface area contributed by atoms with Gasteiger partial charge >= 0.3 is 0 Å². The zero-order chi connectivity index (χ0) is 10.4. The van der Waals surface area contributed by atoms with Gasteiger partial charge in [0.25, 0.3) is 0 Å². The normalized spacial score (nSPS) is 28.3. The molecular formula is C12H26N2. The van der Waals surface area contributed by atoms with Crippen LogP contribution >= 0.6 is 0 Å². The highest BCUT2D eigenvalue weighted by atomic mass is 15.0. The van der Waals surface area contributed by atoms with Crippen LogP contribution in [0.1, 0.15) is 40.0 Å². The summed E-state index contributed by atoms with van der Waals surface area (Å²) in [6, 6.07) is 0.715. The van der Waals surface area contributed by atoms with Gasteiger partial charge in [0.2, 0.25) is 0 Å². The Morgan fingerprint density at radius 1 is 1.43 bits per heavy atom. The predicted octanol–water partition coefficient (Wildman–Crippen LogP) is 2.01. The number of hydrogen-bond acceptors (Lipinski definition) is 2. The summed E-state index contributed by atoms with van der Waals surface area (Å²) in [5.41, 5.74) is 0. The Kier molecular flexibility index (Phi) is 5.49. The third-order valence-electron chi connectivity index (χ3n) is 3.12. The number of piperidine rings is 1. The predicted molar refractivity (Wildman–Crippen MR) is 62.5 cm³/mol. The summed E-state index contributed by atoms with van der Waals surface area (Å²) < 4.78 is 0. The molecule has 0 aromatic heterocycles. The van der Waals surface area contributed by atoms with Crippen LogP contribution in [0.15, 0.2) is 0 Å². The van der Waals surface area contributed by atoms with Gasteiger partial charge in [-0.25, -0.2) is 0 Å². The van der Waals surface area contributed by atoms with Gasteiger partial charge in [-0.3, -0.25) is 0 Å². The zero-order valence-electron chi connectivity index (χ0n) is 9.97. The van der Waals surface area contributed by atoms with E-state index in [1.165, 1.54) is 25.8 Å². The summed E-state index contributed by atoms with van der Waals surface area (Å²) in [4.78, 5) is 0. The Morgan fingerprint density at radius 3 is 2.86 bits per heavy atom. The van der Waals surface area contributed by atoms with E-state index in [1.54, 1.807) is 0 Å². The third-order valence-corrected chi connectivity index (χ3v) is 3.12. The Hall–Kier alpha value is -0.0800. The van der Waals surface area contributed by atoms with Crippen molar-refractivity contribution in [1.82, 2.24) is 10.6 Å². The van der Waals surface area contributed by atoms with Crippen LogP contribution in [-0.2, 0) is 0 Å². The zero-order valence-corrected chi connectivity index (χ0v) is 9.97. The van der Waals surface area contributed by atoms with E-state index < -0.39 is 0 Å². The van der Waals surface area contributed by atoms with Crippen LogP contribution in [0.25, 0.3) is 0 Å². The summed E-state index contributed by atoms with van der Waals surface area (Å²) in [5, 5.41) is 7.13. The molecule has 0 aliphatic carbocycles. The molecule has 0 amide bonds. The smallest absolute Gasteiger partial charge is 0.0195 e. The van der Waals surface area contributed by atoms with Crippen molar-refractivity contribution in [2.45, 2.75) is 46.1 Å². The molecule has 14 heavy (non-hydrogen) atoms. The molecule has 1 fully saturated rings. The monoisotopic (exact) mass is 198 g/mol. The third kappa shape index (κ3) is 4.43. The molecule has 2 atom stereocenters. The molecule has 84 valence electrons. The lowest BCUT2D eigenvalue weighted by molar-refractivity contribution is 0.286. The fraction of sp³-hybridized carbons (Fsp3) is 1.00. The molecule has 0 radical (unpaired) electrons. The van der Waals surface area contributed by atoms with Crippen LogP contribution in [0, 0.1) is 11.8 Å². The van der Waals surface area contributed by atoms with Crippen LogP contribution < -0.4 is 10.6 Å². The lowest BCUT2D eigenvalue weighted by Crippen LogP contribution is -2.45. The van der Waals surface area contributed by atoms with E-state index in [0.717, 1.165) is 24.9 Å². The van der Waals surface area contributed by atoms with E-state index in [-0.39, 0.29) is 0 Å². The molecule has 1 aliphatic heterocycles. The SMILES string of the molecule is CCC1CCNC(CNCC(C)C)C1. The number of rotatable bonds is 5. The largest absolute Gasteiger partial charge is 0.315 e. The second-order valence-electron chi connectivity index (χ2n) is 5.00. The van der Waals surface area contributed by atoms with Crippen LogP contribution in [-0.4, -0.2) is 25.7 Å². The van der Waals surface area contributed by atoms with Gasteiger partial charge in [0.1, 0.15) is 0 Å². The molecule has 0 aromatic carbocycles. The van der Waals surface area contributed by atoms with Crippen molar-refractivity contribution < 1.29 is 0 Å². The van der Waals surface area contributed by atoms with Gasteiger partial charge in [-0.1, -0.05) is 27.2 Å². The second kappa shape index (κ2) is 6.41. The highest BCUT2D eigenvalue weighted by molar-refractivity contribution is 4.79. The van der Waals surface area contributed by atoms with Crippen LogP contribution in [0.5, 0.6) is 0 Å². The van der Waals surface area contributed by atoms with Crippen molar-refractivity contribution in [2.75, 3.05) is 19.6 Å². The Morgan fingerprint density at radius 2 is 2.21 bits per heavy atom. The molecule has 2 N–H and O–H groups in total. The minimum atomic E-state index is 0.715. The van der Waals surface area contributed by atoms with Crippen LogP contribution in [0.2, 0.25) is 0 Å². The highest BCUT2D eigenvalue weighted by Gasteiger charge is 2.19. The van der Waals surface area contributed by atoms with Crippen LogP contribution in [0.4, 0.5) is 0 Å². The molecule has 2 nitrogen and oxygen atoms in total. The van der Waals surface area contributed by atoms with E-state index in [2.05, 4.69) is 31.4 Å². The second-order valence-corrected chi connectivity index (χ2v) is 5.00. The van der Waals surface area contributed by atoms with Crippen molar-refractivity contribution in [3.63, 3.8) is 0 Å². The first-order chi connectivity index (χ1) is 6.72. The molecule has 1 saturated heterocycles. The molecule has 0 spiro atoms. The average molecular weight is 198 g/mol. The molecule has 0 saturated carbocycles. The molecule has 1 rings (SSSR count). The maximum Gasteiger partial charge on any atom is 0.0195 e. The maximum atomic E-state index is 3.59. The standard InChI is InChI=1S/C12H26N2/c1-4-11-5-6-14-12(7-11)9-13-8-10(2)3/h10-14H,4-9H2,1-3H3. The Labute approximate surface area is 88.8 Å². The Bertz CT molecular complexity index is 145. The fourth-order valence-corrected chi connectivity index (χ4v) is 2.17. The lowest BCUT2D eigenvalue weighted by Gasteiger charge is -2.30. The van der Waals surface area contributed by atoms with Crippen molar-refractivity contribution in [3.05, 3.63) is 0 Å². The van der Waals surface area contributed by atoms with E-state index in [0.29, 0.717) is 6.04 Å². The number of hydrogen-bond donors (Lipinski definition) is 2. The quantitative estimate of drug-likeness (QED) is 0.706. The van der Waals surface area contributed by atoms with Gasteiger partial charge in [-0.15, -0.1) is 0 Å². The molecule has 2 heteroatoms. The highest BCUT2D eigenvalue weighted by Crippen LogP contribution is 2.18. The van der Waals surface area contributed by atoms with Gasteiger partial charge < -0.3 is 10.6 Å². The van der Waals surface area contributed by atoms with Gasteiger partial charge in [0.05, 0.1) is 0 Å². The summed E-state index contributed by atoms with van der Waals surface area (Å²) in [6.07, 6.45) is 4.08. The van der Waals surface area contributed by atoms with Gasteiger partial charge in [-0.2, -0.15) is 0 Å². The summed E-state index contributed by atoms with van der Waals surface area (Å²) in [5.74, 6) is 1.72. The molecule has 2 unspecified atom stereocenters. The van der Waals surface area contributed by atoms with E-state index >= 15 is 0 Å². The van der Waals surface area contributed by atoms with Crippen LogP contribution in [0.3, 0.4) is 0 Å². The first-order valence-electron chi connectivity index (χ1n) is 6.16. The molecule has 0 aromatic rings. The van der Waals surface area contributed by atoms with Crippen molar-refractivity contribution in [2.24, 2.45) is 11.8 Å². The van der Waals surface area contributed by atoms with Crippen molar-refractivity contribution in [1.29, 1.82) is 0 Å². The average Bonchev–Trinajstić information content (AvgIpc) is 2.18. The van der Waals surface area contributed by atoms with E-state index in [9.17, 15) is 0 Å². The molecule has 0 bridgehead atoms. The number of nitrogens with one attached hydrogen (secondary N) is 2. The minimum Gasteiger partial charge on any atom is -0.315 e. The molecular weight excluding hydrogens is 172 g/mol. The van der Waals surface area contributed by atoms with Crippen molar-refractivity contribution >= 4 is 0 Å². The summed E-state index contributed by atoms with van der Waals surface area (Å²) in [7, 11) is 0. The molecule has 1 heterocycles. The van der Waals surface area contributed by atoms with Gasteiger partial charge in [0, 0.05) is 12.6 Å². The minimum absolute atomic E-state index is 0.715. The fourth-order valence-electron chi connectivity index (χ4n) is 2.17. The van der Waals surface area contributed by atoms with E-state index in [4.69, 9.17) is 0 Å². The molecule has 1 aliphatic rings. The first-order valence-corrected chi connectivity index (χ1v) is 6.16. The topological polar surface area (TPSA) is 24.1 Å².